The molecule has 0 amide bonds. The Hall–Kier alpha value is -2.33. The summed E-state index contributed by atoms with van der Waals surface area (Å²) >= 11 is 6.36. The largest absolute Gasteiger partial charge is 0.316 e. The fourth-order valence-electron chi connectivity index (χ4n) is 3.99. The van der Waals surface area contributed by atoms with Gasteiger partial charge in [-0.1, -0.05) is 48.0 Å². The van der Waals surface area contributed by atoms with E-state index in [4.69, 9.17) is 11.6 Å². The van der Waals surface area contributed by atoms with Crippen LogP contribution >= 0.6 is 24.0 Å². The molecule has 1 aromatic heterocycles. The Kier molecular flexibility index (Phi) is 5.39. The molecule has 1 saturated heterocycles. The number of halogens is 3. The van der Waals surface area contributed by atoms with Gasteiger partial charge in [0.1, 0.15) is 5.82 Å². The Labute approximate surface area is 180 Å². The number of aryl methyl sites for hydroxylation is 1. The SMILES string of the molecule is Cc1ccccc1-n1cc(-c2cccc(F)c2Cl)c2cc(C3CNC3)ccc21.Cl. The molecule has 0 unspecified atom stereocenters. The first kappa shape index (κ1) is 20.0. The minimum Gasteiger partial charge on any atom is -0.316 e. The predicted molar refractivity (Wildman–Crippen MR) is 121 cm³/mol. The molecule has 2 nitrogen and oxygen atoms in total. The van der Waals surface area contributed by atoms with E-state index >= 15 is 0 Å². The standard InChI is InChI=1S/C24H20ClFN2.ClH/c1-15-5-2-3-8-22(15)28-14-20(18-6-4-7-21(26)24(18)25)19-11-16(9-10-23(19)28)17-12-27-13-17;/h2-11,14,17,27H,12-13H2,1H3;1H. The third kappa shape index (κ3) is 3.33. The van der Waals surface area contributed by atoms with Crippen molar-refractivity contribution in [3.8, 4) is 16.8 Å². The van der Waals surface area contributed by atoms with E-state index in [1.54, 1.807) is 6.07 Å². The molecule has 0 radical (unpaired) electrons. The monoisotopic (exact) mass is 426 g/mol. The molecule has 1 N–H and O–H groups in total. The molecule has 0 bridgehead atoms. The highest BCUT2D eigenvalue weighted by Crippen LogP contribution is 2.39. The van der Waals surface area contributed by atoms with Crippen LogP contribution in [0.4, 0.5) is 4.39 Å². The van der Waals surface area contributed by atoms with Gasteiger partial charge < -0.3 is 9.88 Å². The topological polar surface area (TPSA) is 17.0 Å². The van der Waals surface area contributed by atoms with Gasteiger partial charge in [0.25, 0.3) is 0 Å². The number of benzene rings is 3. The molecule has 5 rings (SSSR count). The quantitative estimate of drug-likeness (QED) is 0.395. The summed E-state index contributed by atoms with van der Waals surface area (Å²) in [6.07, 6.45) is 2.08. The van der Waals surface area contributed by atoms with Crippen LogP contribution in [0, 0.1) is 12.7 Å². The number of nitrogens with one attached hydrogen (secondary N) is 1. The third-order valence-electron chi connectivity index (χ3n) is 5.70. The number of hydrogen-bond acceptors (Lipinski definition) is 1. The average Bonchev–Trinajstić information content (AvgIpc) is 3.02. The lowest BCUT2D eigenvalue weighted by molar-refractivity contribution is 0.449. The molecule has 2 heterocycles. The first-order chi connectivity index (χ1) is 13.6. The number of fused-ring (bicyclic) bond motifs is 1. The lowest BCUT2D eigenvalue weighted by Crippen LogP contribution is -2.39. The average molecular weight is 427 g/mol. The molecule has 3 aromatic carbocycles. The van der Waals surface area contributed by atoms with E-state index in [0.717, 1.165) is 40.8 Å². The first-order valence-corrected chi connectivity index (χ1v) is 9.87. The molecule has 1 fully saturated rings. The summed E-state index contributed by atoms with van der Waals surface area (Å²) in [4.78, 5) is 0. The molecule has 5 heteroatoms. The molecule has 1 aliphatic rings. The lowest BCUT2D eigenvalue weighted by Gasteiger charge is -2.27. The zero-order valence-electron chi connectivity index (χ0n) is 16.0. The number of hydrogen-bond donors (Lipinski definition) is 1. The predicted octanol–water partition coefficient (Wildman–Crippen LogP) is 6.51. The zero-order valence-corrected chi connectivity index (χ0v) is 17.5. The summed E-state index contributed by atoms with van der Waals surface area (Å²) in [6.45, 7) is 4.10. The second-order valence-electron chi connectivity index (χ2n) is 7.43. The van der Waals surface area contributed by atoms with Gasteiger partial charge >= 0.3 is 0 Å². The van der Waals surface area contributed by atoms with Gasteiger partial charge in [-0.25, -0.2) is 4.39 Å². The van der Waals surface area contributed by atoms with Crippen LogP contribution in [-0.4, -0.2) is 17.7 Å². The second kappa shape index (κ2) is 7.83. The molecule has 4 aromatic rings. The Morgan fingerprint density at radius 2 is 1.79 bits per heavy atom. The van der Waals surface area contributed by atoms with Gasteiger partial charge in [0.05, 0.1) is 10.5 Å². The van der Waals surface area contributed by atoms with Crippen LogP contribution in [0.3, 0.4) is 0 Å². The van der Waals surface area contributed by atoms with E-state index in [-0.39, 0.29) is 17.4 Å². The van der Waals surface area contributed by atoms with E-state index in [2.05, 4.69) is 53.3 Å². The smallest absolute Gasteiger partial charge is 0.142 e. The summed E-state index contributed by atoms with van der Waals surface area (Å²) < 4.78 is 16.4. The Morgan fingerprint density at radius 3 is 2.52 bits per heavy atom. The van der Waals surface area contributed by atoms with Crippen LogP contribution in [0.15, 0.2) is 66.9 Å². The van der Waals surface area contributed by atoms with Crippen LogP contribution in [0.25, 0.3) is 27.7 Å². The maximum absolute atomic E-state index is 14.2. The molecule has 1 aliphatic heterocycles. The van der Waals surface area contributed by atoms with E-state index in [1.807, 2.05) is 18.2 Å². The van der Waals surface area contributed by atoms with E-state index in [9.17, 15) is 4.39 Å². The highest BCUT2D eigenvalue weighted by Gasteiger charge is 2.22. The molecular formula is C24H21Cl2FN2. The third-order valence-corrected chi connectivity index (χ3v) is 6.08. The lowest BCUT2D eigenvalue weighted by atomic mass is 9.92. The number of aromatic nitrogens is 1. The van der Waals surface area contributed by atoms with Crippen molar-refractivity contribution in [2.24, 2.45) is 0 Å². The van der Waals surface area contributed by atoms with Crippen molar-refractivity contribution in [1.82, 2.24) is 9.88 Å². The van der Waals surface area contributed by atoms with E-state index in [1.165, 1.54) is 17.2 Å². The minimum atomic E-state index is -0.393. The van der Waals surface area contributed by atoms with Gasteiger partial charge in [-0.05, 0) is 42.3 Å². The van der Waals surface area contributed by atoms with Crippen molar-refractivity contribution in [1.29, 1.82) is 0 Å². The fraction of sp³-hybridized carbons (Fsp3) is 0.167. The van der Waals surface area contributed by atoms with Gasteiger partial charge in [0.15, 0.2) is 0 Å². The van der Waals surface area contributed by atoms with Crippen molar-refractivity contribution in [2.45, 2.75) is 12.8 Å². The van der Waals surface area contributed by atoms with Crippen LogP contribution in [0.5, 0.6) is 0 Å². The van der Waals surface area contributed by atoms with Crippen LogP contribution in [0.1, 0.15) is 17.0 Å². The molecule has 148 valence electrons. The Morgan fingerprint density at radius 1 is 1.00 bits per heavy atom. The van der Waals surface area contributed by atoms with Crippen LogP contribution in [-0.2, 0) is 0 Å². The fourth-order valence-corrected chi connectivity index (χ4v) is 4.21. The maximum atomic E-state index is 14.2. The Bertz CT molecular complexity index is 1190. The minimum absolute atomic E-state index is 0. The van der Waals surface area contributed by atoms with Gasteiger partial charge in [-0.3, -0.25) is 0 Å². The highest BCUT2D eigenvalue weighted by molar-refractivity contribution is 6.34. The number of nitrogens with zero attached hydrogens (tertiary/aromatic N) is 1. The molecule has 0 spiro atoms. The van der Waals surface area contributed by atoms with E-state index < -0.39 is 5.82 Å². The number of para-hydroxylation sites is 1. The summed E-state index contributed by atoms with van der Waals surface area (Å²) in [5, 5.41) is 4.60. The number of rotatable bonds is 3. The molecule has 0 saturated carbocycles. The van der Waals surface area contributed by atoms with Crippen molar-refractivity contribution < 1.29 is 4.39 Å². The zero-order chi connectivity index (χ0) is 19.3. The molecular weight excluding hydrogens is 406 g/mol. The van der Waals surface area contributed by atoms with Gasteiger partial charge in [-0.15, -0.1) is 12.4 Å². The van der Waals surface area contributed by atoms with Crippen molar-refractivity contribution in [3.05, 3.63) is 88.8 Å². The van der Waals surface area contributed by atoms with Crippen molar-refractivity contribution in [3.63, 3.8) is 0 Å². The molecule has 0 atom stereocenters. The summed E-state index contributed by atoms with van der Waals surface area (Å²) in [5.41, 5.74) is 6.39. The van der Waals surface area contributed by atoms with Crippen molar-refractivity contribution >= 4 is 34.9 Å². The Balaban J connectivity index is 0.00000205. The normalized spacial score (nSPS) is 13.9. The molecule has 29 heavy (non-hydrogen) atoms. The van der Waals surface area contributed by atoms with Crippen molar-refractivity contribution in [2.75, 3.05) is 13.1 Å². The highest BCUT2D eigenvalue weighted by atomic mass is 35.5. The van der Waals surface area contributed by atoms with Crippen LogP contribution < -0.4 is 5.32 Å². The molecule has 0 aliphatic carbocycles. The van der Waals surface area contributed by atoms with Gasteiger partial charge in [0.2, 0.25) is 0 Å². The van der Waals surface area contributed by atoms with Crippen LogP contribution in [0.2, 0.25) is 5.02 Å². The maximum Gasteiger partial charge on any atom is 0.142 e. The first-order valence-electron chi connectivity index (χ1n) is 9.49. The summed E-state index contributed by atoms with van der Waals surface area (Å²) in [7, 11) is 0. The van der Waals surface area contributed by atoms with Gasteiger partial charge in [0, 0.05) is 47.4 Å². The van der Waals surface area contributed by atoms with E-state index in [0.29, 0.717) is 5.92 Å². The summed E-state index contributed by atoms with van der Waals surface area (Å²) in [6, 6.07) is 19.9. The summed E-state index contributed by atoms with van der Waals surface area (Å²) in [5.74, 6) is 0.136. The van der Waals surface area contributed by atoms with Gasteiger partial charge in [-0.2, -0.15) is 0 Å². The second-order valence-corrected chi connectivity index (χ2v) is 7.81.